The van der Waals surface area contributed by atoms with Crippen molar-refractivity contribution in [3.8, 4) is 16.9 Å². The van der Waals surface area contributed by atoms with Crippen LogP contribution < -0.4 is 0 Å². The Bertz CT molecular complexity index is 1160. The molecule has 0 fully saturated rings. The lowest BCUT2D eigenvalue weighted by Crippen LogP contribution is -2.02. The molecule has 0 N–H and O–H groups in total. The summed E-state index contributed by atoms with van der Waals surface area (Å²) in [4.78, 5) is 0. The highest BCUT2D eigenvalue weighted by atomic mass is 19.1. The Morgan fingerprint density at radius 2 is 1.92 bits per heavy atom. The highest BCUT2D eigenvalue weighted by Crippen LogP contribution is 2.36. The highest BCUT2D eigenvalue weighted by Gasteiger charge is 2.27. The minimum absolute atomic E-state index is 0.306. The molecule has 3 heterocycles. The van der Waals surface area contributed by atoms with Crippen molar-refractivity contribution in [1.82, 2.24) is 19.6 Å². The van der Waals surface area contributed by atoms with Gasteiger partial charge in [0.1, 0.15) is 23.0 Å². The Balaban J connectivity index is 1.83. The molecule has 0 atom stereocenters. The van der Waals surface area contributed by atoms with Crippen molar-refractivity contribution in [2.75, 3.05) is 0 Å². The summed E-state index contributed by atoms with van der Waals surface area (Å²) in [6.07, 6.45) is 3.66. The molecule has 0 aliphatic carbocycles. The van der Waals surface area contributed by atoms with Gasteiger partial charge in [-0.15, -0.1) is 0 Å². The molecule has 4 nitrogen and oxygen atoms in total. The Labute approximate surface area is 148 Å². The van der Waals surface area contributed by atoms with Crippen LogP contribution in [0.25, 0.3) is 27.8 Å². The van der Waals surface area contributed by atoms with E-state index >= 15 is 0 Å². The van der Waals surface area contributed by atoms with Crippen molar-refractivity contribution in [3.05, 3.63) is 65.5 Å². The van der Waals surface area contributed by atoms with Crippen molar-refractivity contribution in [2.24, 2.45) is 0 Å². The van der Waals surface area contributed by atoms with E-state index in [0.717, 1.165) is 47.7 Å². The predicted molar refractivity (Wildman–Crippen MR) is 95.3 cm³/mol. The molecule has 0 bridgehead atoms. The minimum atomic E-state index is -0.609. The Morgan fingerprint density at radius 1 is 1.08 bits per heavy atom. The molecule has 0 saturated carbocycles. The number of nitrogens with zero attached hydrogens (tertiary/aromatic N) is 4. The van der Waals surface area contributed by atoms with Crippen molar-refractivity contribution in [1.29, 1.82) is 0 Å². The van der Waals surface area contributed by atoms with E-state index in [9.17, 15) is 8.78 Å². The molecule has 2 aromatic heterocycles. The third-order valence-corrected chi connectivity index (χ3v) is 5.01. The zero-order chi connectivity index (χ0) is 17.8. The van der Waals surface area contributed by atoms with Gasteiger partial charge in [0.2, 0.25) is 0 Å². The summed E-state index contributed by atoms with van der Waals surface area (Å²) >= 11 is 0. The van der Waals surface area contributed by atoms with Gasteiger partial charge in [-0.1, -0.05) is 18.2 Å². The summed E-state index contributed by atoms with van der Waals surface area (Å²) < 4.78 is 32.1. The maximum atomic E-state index is 14.6. The first-order valence-electron chi connectivity index (χ1n) is 8.62. The second kappa shape index (κ2) is 5.49. The van der Waals surface area contributed by atoms with Gasteiger partial charge in [0.05, 0.1) is 17.4 Å². The summed E-state index contributed by atoms with van der Waals surface area (Å²) in [6, 6.07) is 10.3. The molecule has 0 radical (unpaired) electrons. The summed E-state index contributed by atoms with van der Waals surface area (Å²) in [7, 11) is 0. The van der Waals surface area contributed by atoms with Crippen LogP contribution >= 0.6 is 0 Å². The first-order valence-corrected chi connectivity index (χ1v) is 8.62. The molecule has 1 aliphatic heterocycles. The molecule has 5 rings (SSSR count). The van der Waals surface area contributed by atoms with Crippen LogP contribution in [0.1, 0.15) is 17.7 Å². The average molecular weight is 350 g/mol. The lowest BCUT2D eigenvalue weighted by molar-refractivity contribution is 0.578. The molecule has 2 aromatic carbocycles. The van der Waals surface area contributed by atoms with Crippen LogP contribution in [0, 0.1) is 18.6 Å². The van der Waals surface area contributed by atoms with E-state index in [2.05, 4.69) is 10.2 Å². The normalized spacial score (nSPS) is 13.5. The lowest BCUT2D eigenvalue weighted by atomic mass is 10.0. The van der Waals surface area contributed by atoms with Gasteiger partial charge in [-0.05, 0) is 37.5 Å². The largest absolute Gasteiger partial charge is 0.267 e. The number of fused-ring (bicyclic) bond motifs is 2. The van der Waals surface area contributed by atoms with E-state index in [4.69, 9.17) is 0 Å². The number of para-hydroxylation sites is 1. The average Bonchev–Trinajstić information content (AvgIpc) is 3.32. The maximum Gasteiger partial charge on any atom is 0.135 e. The van der Waals surface area contributed by atoms with Crippen LogP contribution in [0.3, 0.4) is 0 Å². The van der Waals surface area contributed by atoms with Gasteiger partial charge in [0.25, 0.3) is 0 Å². The standard InChI is InChI=1S/C20H16F2N4/c1-12-9-14(16(22)10-15(12)21)19-20(18-7-4-8-25(18)24-19)26-17-6-3-2-5-13(17)11-23-26/h2-3,5-6,9-11H,4,7-8H2,1H3. The van der Waals surface area contributed by atoms with E-state index in [1.807, 2.05) is 33.6 Å². The molecule has 1 aliphatic rings. The highest BCUT2D eigenvalue weighted by molar-refractivity contribution is 5.83. The van der Waals surface area contributed by atoms with Crippen molar-refractivity contribution in [2.45, 2.75) is 26.3 Å². The molecule has 0 spiro atoms. The minimum Gasteiger partial charge on any atom is -0.267 e. The number of benzene rings is 2. The fourth-order valence-corrected chi connectivity index (χ4v) is 3.71. The number of rotatable bonds is 2. The quantitative estimate of drug-likeness (QED) is 0.536. The predicted octanol–water partition coefficient (Wildman–Crippen LogP) is 4.42. The van der Waals surface area contributed by atoms with Crippen molar-refractivity contribution >= 4 is 10.9 Å². The smallest absolute Gasteiger partial charge is 0.135 e. The number of aryl methyl sites for hydroxylation is 2. The van der Waals surface area contributed by atoms with Crippen LogP contribution in [-0.2, 0) is 13.0 Å². The van der Waals surface area contributed by atoms with Crippen LogP contribution in [0.2, 0.25) is 0 Å². The van der Waals surface area contributed by atoms with Crippen molar-refractivity contribution in [3.63, 3.8) is 0 Å². The summed E-state index contributed by atoms with van der Waals surface area (Å²) in [5.74, 6) is -1.16. The third kappa shape index (κ3) is 2.11. The van der Waals surface area contributed by atoms with Crippen LogP contribution in [0.4, 0.5) is 8.78 Å². The SMILES string of the molecule is Cc1cc(-c2nn3c(c2-n2ncc4ccccc42)CCC3)c(F)cc1F. The fraction of sp³-hybridized carbons (Fsp3) is 0.200. The zero-order valence-corrected chi connectivity index (χ0v) is 14.2. The first-order chi connectivity index (χ1) is 12.6. The Kier molecular flexibility index (Phi) is 3.22. The molecule has 6 heteroatoms. The van der Waals surface area contributed by atoms with E-state index in [0.29, 0.717) is 16.8 Å². The summed E-state index contributed by atoms with van der Waals surface area (Å²) in [5, 5.41) is 10.2. The second-order valence-corrected chi connectivity index (χ2v) is 6.67. The number of hydrogen-bond acceptors (Lipinski definition) is 2. The van der Waals surface area contributed by atoms with Gasteiger partial charge in [0, 0.05) is 23.6 Å². The first kappa shape index (κ1) is 15.3. The number of hydrogen-bond donors (Lipinski definition) is 0. The second-order valence-electron chi connectivity index (χ2n) is 6.67. The Hall–Kier alpha value is -3.02. The van der Waals surface area contributed by atoms with Gasteiger partial charge >= 0.3 is 0 Å². The van der Waals surface area contributed by atoms with Gasteiger partial charge < -0.3 is 0 Å². The van der Waals surface area contributed by atoms with Gasteiger partial charge in [-0.3, -0.25) is 4.68 Å². The van der Waals surface area contributed by atoms with Crippen LogP contribution in [-0.4, -0.2) is 19.6 Å². The van der Waals surface area contributed by atoms with E-state index < -0.39 is 11.6 Å². The van der Waals surface area contributed by atoms with E-state index in [1.165, 1.54) is 6.07 Å². The number of aromatic nitrogens is 4. The molecule has 4 aromatic rings. The molecule has 0 saturated heterocycles. The molecular formula is C20H16F2N4. The molecular weight excluding hydrogens is 334 g/mol. The fourth-order valence-electron chi connectivity index (χ4n) is 3.71. The van der Waals surface area contributed by atoms with Crippen molar-refractivity contribution < 1.29 is 8.78 Å². The summed E-state index contributed by atoms with van der Waals surface area (Å²) in [5.41, 5.74) is 3.97. The monoisotopic (exact) mass is 350 g/mol. The van der Waals surface area contributed by atoms with E-state index in [1.54, 1.807) is 13.1 Å². The lowest BCUT2D eigenvalue weighted by Gasteiger charge is -2.09. The summed E-state index contributed by atoms with van der Waals surface area (Å²) in [6.45, 7) is 2.42. The van der Waals surface area contributed by atoms with Crippen LogP contribution in [0.15, 0.2) is 42.6 Å². The molecule has 130 valence electrons. The van der Waals surface area contributed by atoms with Gasteiger partial charge in [0.15, 0.2) is 0 Å². The third-order valence-electron chi connectivity index (χ3n) is 5.01. The molecule has 26 heavy (non-hydrogen) atoms. The molecule has 0 unspecified atom stereocenters. The topological polar surface area (TPSA) is 35.6 Å². The zero-order valence-electron chi connectivity index (χ0n) is 14.2. The van der Waals surface area contributed by atoms with Gasteiger partial charge in [-0.2, -0.15) is 10.2 Å². The molecule has 0 amide bonds. The Morgan fingerprint density at radius 3 is 2.81 bits per heavy atom. The maximum absolute atomic E-state index is 14.6. The van der Waals surface area contributed by atoms with E-state index in [-0.39, 0.29) is 0 Å². The van der Waals surface area contributed by atoms with Crippen LogP contribution in [0.5, 0.6) is 0 Å². The number of halogens is 2. The van der Waals surface area contributed by atoms with Gasteiger partial charge in [-0.25, -0.2) is 13.5 Å².